The van der Waals surface area contributed by atoms with Crippen LogP contribution in [-0.2, 0) is 11.2 Å². The third kappa shape index (κ3) is 4.63. The lowest BCUT2D eigenvalue weighted by Crippen LogP contribution is -2.37. The van der Waals surface area contributed by atoms with Gasteiger partial charge in [0, 0.05) is 13.2 Å². The van der Waals surface area contributed by atoms with Crippen LogP contribution in [-0.4, -0.2) is 25.8 Å². The summed E-state index contributed by atoms with van der Waals surface area (Å²) in [7, 11) is 3.82. The SMILES string of the molecule is CNC(Cc1c(C)cc(C)cc1C)CC(C)(C)OC. The van der Waals surface area contributed by atoms with Gasteiger partial charge in [-0.05, 0) is 71.2 Å². The smallest absolute Gasteiger partial charge is 0.0637 e. The molecule has 1 unspecified atom stereocenters. The summed E-state index contributed by atoms with van der Waals surface area (Å²) in [5.41, 5.74) is 5.52. The maximum absolute atomic E-state index is 5.55. The van der Waals surface area contributed by atoms with Crippen molar-refractivity contribution in [1.82, 2.24) is 5.32 Å². The predicted molar refractivity (Wildman–Crippen MR) is 82.9 cm³/mol. The molecule has 0 heterocycles. The molecule has 1 atom stereocenters. The summed E-state index contributed by atoms with van der Waals surface area (Å²) in [6, 6.07) is 4.99. The Kier molecular flexibility index (Phi) is 5.57. The van der Waals surface area contributed by atoms with Gasteiger partial charge in [0.25, 0.3) is 0 Å². The molecule has 0 aromatic heterocycles. The maximum atomic E-state index is 5.55. The quantitative estimate of drug-likeness (QED) is 0.847. The summed E-state index contributed by atoms with van der Waals surface area (Å²) in [5, 5.41) is 3.43. The number of ether oxygens (including phenoxy) is 1. The van der Waals surface area contributed by atoms with Gasteiger partial charge in [-0.1, -0.05) is 17.7 Å². The minimum absolute atomic E-state index is 0.0832. The average Bonchev–Trinajstić information content (AvgIpc) is 2.32. The lowest BCUT2D eigenvalue weighted by molar-refractivity contribution is 0.00770. The van der Waals surface area contributed by atoms with Gasteiger partial charge in [0.2, 0.25) is 0 Å². The van der Waals surface area contributed by atoms with E-state index in [1.165, 1.54) is 22.3 Å². The molecule has 2 heteroatoms. The molecular weight excluding hydrogens is 234 g/mol. The summed E-state index contributed by atoms with van der Waals surface area (Å²) in [6.07, 6.45) is 2.06. The number of hydrogen-bond acceptors (Lipinski definition) is 2. The van der Waals surface area contributed by atoms with Crippen molar-refractivity contribution in [3.8, 4) is 0 Å². The third-order valence-corrected chi connectivity index (χ3v) is 3.99. The van der Waals surface area contributed by atoms with Gasteiger partial charge in [0.05, 0.1) is 5.60 Å². The Hall–Kier alpha value is -0.860. The second kappa shape index (κ2) is 6.53. The number of nitrogens with one attached hydrogen (secondary N) is 1. The normalized spacial score (nSPS) is 13.6. The van der Waals surface area contributed by atoms with Crippen molar-refractivity contribution in [3.05, 3.63) is 34.4 Å². The zero-order valence-corrected chi connectivity index (χ0v) is 13.6. The lowest BCUT2D eigenvalue weighted by atomic mass is 9.89. The minimum Gasteiger partial charge on any atom is -0.379 e. The van der Waals surface area contributed by atoms with Crippen molar-refractivity contribution in [2.75, 3.05) is 14.2 Å². The molecule has 0 aliphatic carbocycles. The second-order valence-electron chi connectivity index (χ2n) is 6.23. The van der Waals surface area contributed by atoms with Crippen molar-refractivity contribution in [1.29, 1.82) is 0 Å². The van der Waals surface area contributed by atoms with E-state index in [1.807, 2.05) is 7.05 Å². The molecule has 0 aliphatic heterocycles. The standard InChI is InChI=1S/C17H29NO/c1-12-8-13(2)16(14(3)9-12)10-15(18-6)11-17(4,5)19-7/h8-9,15,18H,10-11H2,1-7H3. The van der Waals surface area contributed by atoms with E-state index in [9.17, 15) is 0 Å². The molecule has 0 radical (unpaired) electrons. The van der Waals surface area contributed by atoms with Crippen molar-refractivity contribution < 1.29 is 4.74 Å². The first-order valence-corrected chi connectivity index (χ1v) is 7.08. The molecule has 1 aromatic rings. The first-order valence-electron chi connectivity index (χ1n) is 7.08. The molecule has 0 aliphatic rings. The van der Waals surface area contributed by atoms with Crippen LogP contribution in [0.2, 0.25) is 0 Å². The highest BCUT2D eigenvalue weighted by Gasteiger charge is 2.22. The van der Waals surface area contributed by atoms with Crippen LogP contribution in [0, 0.1) is 20.8 Å². The van der Waals surface area contributed by atoms with E-state index in [2.05, 4.69) is 52.1 Å². The van der Waals surface area contributed by atoms with Crippen LogP contribution in [0.15, 0.2) is 12.1 Å². The van der Waals surface area contributed by atoms with Gasteiger partial charge in [-0.15, -0.1) is 0 Å². The predicted octanol–water partition coefficient (Wildman–Crippen LogP) is 3.56. The van der Waals surface area contributed by atoms with Gasteiger partial charge >= 0.3 is 0 Å². The van der Waals surface area contributed by atoms with Crippen LogP contribution in [0.4, 0.5) is 0 Å². The third-order valence-electron chi connectivity index (χ3n) is 3.99. The lowest BCUT2D eigenvalue weighted by Gasteiger charge is -2.29. The number of benzene rings is 1. The fourth-order valence-corrected chi connectivity index (χ4v) is 2.73. The Morgan fingerprint density at radius 1 is 1.16 bits per heavy atom. The topological polar surface area (TPSA) is 21.3 Å². The zero-order chi connectivity index (χ0) is 14.6. The van der Waals surface area contributed by atoms with E-state index in [-0.39, 0.29) is 5.60 Å². The van der Waals surface area contributed by atoms with Crippen molar-refractivity contribution in [2.45, 2.75) is 59.1 Å². The van der Waals surface area contributed by atoms with Gasteiger partial charge in [-0.25, -0.2) is 0 Å². The summed E-state index contributed by atoms with van der Waals surface area (Å²) < 4.78 is 5.55. The van der Waals surface area contributed by atoms with Crippen LogP contribution in [0.5, 0.6) is 0 Å². The van der Waals surface area contributed by atoms with Gasteiger partial charge in [0.15, 0.2) is 0 Å². The van der Waals surface area contributed by atoms with E-state index >= 15 is 0 Å². The molecule has 1 rings (SSSR count). The molecular formula is C17H29NO. The number of methoxy groups -OCH3 is 1. The molecule has 108 valence electrons. The maximum Gasteiger partial charge on any atom is 0.0637 e. The molecule has 0 spiro atoms. The van der Waals surface area contributed by atoms with Gasteiger partial charge in [-0.2, -0.15) is 0 Å². The molecule has 0 saturated heterocycles. The average molecular weight is 263 g/mol. The number of likely N-dealkylation sites (N-methyl/N-ethyl adjacent to an activating group) is 1. The molecule has 19 heavy (non-hydrogen) atoms. The van der Waals surface area contributed by atoms with E-state index in [0.717, 1.165) is 12.8 Å². The van der Waals surface area contributed by atoms with Crippen LogP contribution >= 0.6 is 0 Å². The van der Waals surface area contributed by atoms with Gasteiger partial charge in [-0.3, -0.25) is 0 Å². The van der Waals surface area contributed by atoms with Crippen LogP contribution in [0.1, 0.15) is 42.5 Å². The number of hydrogen-bond donors (Lipinski definition) is 1. The Balaban J connectivity index is 2.88. The van der Waals surface area contributed by atoms with E-state index in [1.54, 1.807) is 7.11 Å². The molecule has 0 saturated carbocycles. The highest BCUT2D eigenvalue weighted by molar-refractivity contribution is 5.38. The second-order valence-corrected chi connectivity index (χ2v) is 6.23. The first-order chi connectivity index (χ1) is 8.79. The van der Waals surface area contributed by atoms with Crippen molar-refractivity contribution in [2.24, 2.45) is 0 Å². The van der Waals surface area contributed by atoms with E-state index < -0.39 is 0 Å². The highest BCUT2D eigenvalue weighted by atomic mass is 16.5. The van der Waals surface area contributed by atoms with Gasteiger partial charge < -0.3 is 10.1 Å². The highest BCUT2D eigenvalue weighted by Crippen LogP contribution is 2.22. The Morgan fingerprint density at radius 3 is 2.11 bits per heavy atom. The monoisotopic (exact) mass is 263 g/mol. The van der Waals surface area contributed by atoms with Gasteiger partial charge in [0.1, 0.15) is 0 Å². The molecule has 0 fully saturated rings. The minimum atomic E-state index is -0.0832. The van der Waals surface area contributed by atoms with E-state index in [0.29, 0.717) is 6.04 Å². The number of rotatable bonds is 6. The largest absolute Gasteiger partial charge is 0.379 e. The van der Waals surface area contributed by atoms with Crippen LogP contribution < -0.4 is 5.32 Å². The van der Waals surface area contributed by atoms with E-state index in [4.69, 9.17) is 4.74 Å². The zero-order valence-electron chi connectivity index (χ0n) is 13.6. The fraction of sp³-hybridized carbons (Fsp3) is 0.647. The van der Waals surface area contributed by atoms with Crippen molar-refractivity contribution in [3.63, 3.8) is 0 Å². The van der Waals surface area contributed by atoms with Crippen LogP contribution in [0.25, 0.3) is 0 Å². The molecule has 0 amide bonds. The summed E-state index contributed by atoms with van der Waals surface area (Å²) in [4.78, 5) is 0. The first kappa shape index (κ1) is 16.2. The molecule has 0 bridgehead atoms. The molecule has 2 nitrogen and oxygen atoms in total. The van der Waals surface area contributed by atoms with Crippen LogP contribution in [0.3, 0.4) is 0 Å². The molecule has 1 N–H and O–H groups in total. The summed E-state index contributed by atoms with van der Waals surface area (Å²) >= 11 is 0. The Morgan fingerprint density at radius 2 is 1.68 bits per heavy atom. The van der Waals surface area contributed by atoms with Crippen molar-refractivity contribution >= 4 is 0 Å². The Labute approximate surface area is 118 Å². The fourth-order valence-electron chi connectivity index (χ4n) is 2.73. The summed E-state index contributed by atoms with van der Waals surface area (Å²) in [6.45, 7) is 10.9. The molecule has 1 aromatic carbocycles. The number of aryl methyl sites for hydroxylation is 3. The Bertz CT molecular complexity index is 400. The summed E-state index contributed by atoms with van der Waals surface area (Å²) in [5.74, 6) is 0.